The number of hydrogen-bond acceptors (Lipinski definition) is 2. The predicted octanol–water partition coefficient (Wildman–Crippen LogP) is 3.08. The second kappa shape index (κ2) is 4.52. The third-order valence-electron chi connectivity index (χ3n) is 3.16. The molecule has 20 heavy (non-hydrogen) atoms. The highest BCUT2D eigenvalue weighted by Crippen LogP contribution is 2.22. The van der Waals surface area contributed by atoms with Gasteiger partial charge in [-0.05, 0) is 18.2 Å². The molecule has 3 rings (SSSR count). The Morgan fingerprint density at radius 3 is 2.40 bits per heavy atom. The quantitative estimate of drug-likeness (QED) is 0.672. The van der Waals surface area contributed by atoms with Gasteiger partial charge in [0.1, 0.15) is 17.3 Å². The van der Waals surface area contributed by atoms with Crippen LogP contribution >= 0.6 is 0 Å². The summed E-state index contributed by atoms with van der Waals surface area (Å²) in [5.41, 5.74) is 0.205. The third kappa shape index (κ3) is 1.79. The van der Waals surface area contributed by atoms with Gasteiger partial charge in [0, 0.05) is 12.4 Å². The molecule has 0 aliphatic rings. The van der Waals surface area contributed by atoms with Crippen LogP contribution in [0, 0.1) is 11.6 Å². The first-order chi connectivity index (χ1) is 9.59. The monoisotopic (exact) mass is 272 g/mol. The average molecular weight is 272 g/mol. The second-order valence-electron chi connectivity index (χ2n) is 4.42. The number of carbonyl (C=O) groups is 1. The van der Waals surface area contributed by atoms with Crippen LogP contribution in [0.4, 0.5) is 8.78 Å². The Bertz CT molecular complexity index is 804. The zero-order chi connectivity index (χ0) is 14.3. The zero-order valence-corrected chi connectivity index (χ0v) is 10.6. The fourth-order valence-corrected chi connectivity index (χ4v) is 2.21. The van der Waals surface area contributed by atoms with E-state index in [0.29, 0.717) is 5.39 Å². The van der Waals surface area contributed by atoms with Crippen molar-refractivity contribution in [3.63, 3.8) is 0 Å². The SMILES string of the molecule is Cn1nc(C(=O)c2c(F)cccc2F)c2ccccc21. The van der Waals surface area contributed by atoms with Crippen molar-refractivity contribution in [2.45, 2.75) is 0 Å². The van der Waals surface area contributed by atoms with Gasteiger partial charge in [0.2, 0.25) is 5.78 Å². The van der Waals surface area contributed by atoms with Gasteiger partial charge in [0.05, 0.1) is 11.1 Å². The van der Waals surface area contributed by atoms with Crippen molar-refractivity contribution in [3.8, 4) is 0 Å². The zero-order valence-electron chi connectivity index (χ0n) is 10.6. The van der Waals surface area contributed by atoms with Gasteiger partial charge in [-0.1, -0.05) is 24.3 Å². The number of aromatic nitrogens is 2. The smallest absolute Gasteiger partial charge is 0.219 e. The number of hydrogen-bond donors (Lipinski definition) is 0. The van der Waals surface area contributed by atoms with Crippen LogP contribution in [-0.4, -0.2) is 15.6 Å². The maximum atomic E-state index is 13.7. The molecule has 3 aromatic rings. The summed E-state index contributed by atoms with van der Waals surface area (Å²) >= 11 is 0. The number of benzene rings is 2. The van der Waals surface area contributed by atoms with Gasteiger partial charge in [0.15, 0.2) is 0 Å². The van der Waals surface area contributed by atoms with E-state index in [0.717, 1.165) is 17.6 Å². The normalized spacial score (nSPS) is 10.9. The van der Waals surface area contributed by atoms with E-state index in [1.807, 2.05) is 6.07 Å². The molecule has 0 amide bonds. The Hall–Kier alpha value is -2.56. The lowest BCUT2D eigenvalue weighted by molar-refractivity contribution is 0.102. The molecule has 0 saturated carbocycles. The fraction of sp³-hybridized carbons (Fsp3) is 0.0667. The molecule has 5 heteroatoms. The first kappa shape index (κ1) is 12.5. The maximum absolute atomic E-state index is 13.7. The lowest BCUT2D eigenvalue weighted by Gasteiger charge is -2.02. The van der Waals surface area contributed by atoms with Crippen molar-refractivity contribution in [1.29, 1.82) is 0 Å². The summed E-state index contributed by atoms with van der Waals surface area (Å²) in [5.74, 6) is -2.52. The molecule has 0 atom stereocenters. The average Bonchev–Trinajstić information content (AvgIpc) is 2.76. The largest absolute Gasteiger partial charge is 0.287 e. The maximum Gasteiger partial charge on any atom is 0.219 e. The minimum absolute atomic E-state index is 0.0482. The highest BCUT2D eigenvalue weighted by atomic mass is 19.1. The molecule has 2 aromatic carbocycles. The topological polar surface area (TPSA) is 34.9 Å². The number of halogens is 2. The molecule has 1 aromatic heterocycles. The van der Waals surface area contributed by atoms with E-state index in [1.54, 1.807) is 25.2 Å². The highest BCUT2D eigenvalue weighted by molar-refractivity contribution is 6.15. The van der Waals surface area contributed by atoms with E-state index in [2.05, 4.69) is 5.10 Å². The van der Waals surface area contributed by atoms with Crippen LogP contribution < -0.4 is 0 Å². The van der Waals surface area contributed by atoms with Crippen LogP contribution in [0.25, 0.3) is 10.9 Å². The number of rotatable bonds is 2. The molecule has 0 fully saturated rings. The lowest BCUT2D eigenvalue weighted by atomic mass is 10.0. The molecule has 0 aliphatic carbocycles. The van der Waals surface area contributed by atoms with E-state index in [4.69, 9.17) is 0 Å². The summed E-state index contributed by atoms with van der Waals surface area (Å²) in [5, 5.41) is 4.65. The molecule has 0 aliphatic heterocycles. The van der Waals surface area contributed by atoms with Crippen LogP contribution in [0.5, 0.6) is 0 Å². The summed E-state index contributed by atoms with van der Waals surface area (Å²) in [6.45, 7) is 0. The van der Waals surface area contributed by atoms with Gasteiger partial charge < -0.3 is 0 Å². The minimum Gasteiger partial charge on any atom is -0.287 e. The Kier molecular flexibility index (Phi) is 2.82. The van der Waals surface area contributed by atoms with Crippen molar-refractivity contribution in [2.24, 2.45) is 7.05 Å². The molecule has 1 heterocycles. The van der Waals surface area contributed by atoms with Crippen LogP contribution in [0.2, 0.25) is 0 Å². The van der Waals surface area contributed by atoms with Gasteiger partial charge in [-0.25, -0.2) is 8.78 Å². The Balaban J connectivity index is 2.24. The third-order valence-corrected chi connectivity index (χ3v) is 3.16. The van der Waals surface area contributed by atoms with Crippen molar-refractivity contribution < 1.29 is 13.6 Å². The second-order valence-corrected chi connectivity index (χ2v) is 4.42. The summed E-state index contributed by atoms with van der Waals surface area (Å²) in [6, 6.07) is 10.4. The van der Waals surface area contributed by atoms with E-state index in [9.17, 15) is 13.6 Å². The molecule has 0 saturated heterocycles. The van der Waals surface area contributed by atoms with Crippen LogP contribution in [0.15, 0.2) is 42.5 Å². The van der Waals surface area contributed by atoms with Crippen molar-refractivity contribution in [2.75, 3.05) is 0 Å². The summed E-state index contributed by atoms with van der Waals surface area (Å²) in [4.78, 5) is 12.4. The number of aryl methyl sites for hydroxylation is 1. The minimum atomic E-state index is -0.885. The Morgan fingerprint density at radius 2 is 1.70 bits per heavy atom. The highest BCUT2D eigenvalue weighted by Gasteiger charge is 2.23. The molecule has 0 radical (unpaired) electrons. The van der Waals surface area contributed by atoms with Crippen molar-refractivity contribution in [3.05, 3.63) is 65.4 Å². The molecule has 0 N–H and O–H groups in total. The predicted molar refractivity (Wildman–Crippen MR) is 70.5 cm³/mol. The van der Waals surface area contributed by atoms with E-state index in [1.165, 1.54) is 10.7 Å². The summed E-state index contributed by atoms with van der Waals surface area (Å²) in [6.07, 6.45) is 0. The molecule has 0 spiro atoms. The van der Waals surface area contributed by atoms with Gasteiger partial charge in [-0.3, -0.25) is 9.48 Å². The summed E-state index contributed by atoms with van der Waals surface area (Å²) < 4.78 is 28.9. The van der Waals surface area contributed by atoms with Gasteiger partial charge in [0.25, 0.3) is 0 Å². The molecule has 0 bridgehead atoms. The number of ketones is 1. The van der Waals surface area contributed by atoms with Gasteiger partial charge in [-0.15, -0.1) is 0 Å². The van der Waals surface area contributed by atoms with Crippen LogP contribution in [0.1, 0.15) is 16.1 Å². The molecular weight excluding hydrogens is 262 g/mol. The number of fused-ring (bicyclic) bond motifs is 1. The number of para-hydroxylation sites is 1. The first-order valence-electron chi connectivity index (χ1n) is 6.00. The standard InChI is InChI=1S/C15H10F2N2O/c1-19-12-8-3-2-5-9(12)14(18-19)15(20)13-10(16)6-4-7-11(13)17/h2-8H,1H3. The van der Waals surface area contributed by atoms with E-state index < -0.39 is 23.0 Å². The molecular formula is C15H10F2N2O. The molecule has 3 nitrogen and oxygen atoms in total. The van der Waals surface area contributed by atoms with Gasteiger partial charge in [-0.2, -0.15) is 5.10 Å². The van der Waals surface area contributed by atoms with Crippen LogP contribution in [0.3, 0.4) is 0 Å². The van der Waals surface area contributed by atoms with Crippen LogP contribution in [-0.2, 0) is 7.05 Å². The first-order valence-corrected chi connectivity index (χ1v) is 6.00. The summed E-state index contributed by atoms with van der Waals surface area (Å²) in [7, 11) is 1.68. The molecule has 0 unspecified atom stereocenters. The number of carbonyl (C=O) groups excluding carboxylic acids is 1. The van der Waals surface area contributed by atoms with Gasteiger partial charge >= 0.3 is 0 Å². The molecule has 100 valence electrons. The van der Waals surface area contributed by atoms with E-state index >= 15 is 0 Å². The Labute approximate surface area is 113 Å². The Morgan fingerprint density at radius 1 is 1.05 bits per heavy atom. The fourth-order valence-electron chi connectivity index (χ4n) is 2.21. The van der Waals surface area contributed by atoms with E-state index in [-0.39, 0.29) is 5.69 Å². The number of nitrogens with zero attached hydrogens (tertiary/aromatic N) is 2. The van der Waals surface area contributed by atoms with Crippen molar-refractivity contribution in [1.82, 2.24) is 9.78 Å². The lowest BCUT2D eigenvalue weighted by Crippen LogP contribution is -2.09. The van der Waals surface area contributed by atoms with Crippen molar-refractivity contribution >= 4 is 16.7 Å².